The van der Waals surface area contributed by atoms with E-state index in [0.29, 0.717) is 33.3 Å². The van der Waals surface area contributed by atoms with Crippen molar-refractivity contribution in [3.63, 3.8) is 0 Å². The fourth-order valence-corrected chi connectivity index (χ4v) is 7.21. The molecule has 2 aromatic heterocycles. The second kappa shape index (κ2) is 12.0. The SMILES string of the molecule is Cc1c(-c2cc(Nc3cc4n(n3)CCN(C)C4)c(=O)n(CO)n2)ccc(F)c1NC(=O)C1=CC=C[SH]1Cc1ccccc1. The number of allylic oxidation sites excluding steroid dienone is 2. The van der Waals surface area contributed by atoms with Gasteiger partial charge in [-0.2, -0.15) is 21.1 Å². The molecular weight excluding hydrogens is 569 g/mol. The molecule has 222 valence electrons. The topological polar surface area (TPSA) is 117 Å². The first-order valence-corrected chi connectivity index (χ1v) is 15.5. The monoisotopic (exact) mass is 601 g/mol. The molecule has 1 unspecified atom stereocenters. The Morgan fingerprint density at radius 1 is 1.12 bits per heavy atom. The molecule has 0 bridgehead atoms. The molecule has 6 rings (SSSR count). The highest BCUT2D eigenvalue weighted by molar-refractivity contribution is 8.23. The van der Waals surface area contributed by atoms with Crippen molar-refractivity contribution >= 4 is 34.0 Å². The van der Waals surface area contributed by atoms with Gasteiger partial charge in [-0.15, -0.1) is 0 Å². The lowest BCUT2D eigenvalue weighted by Crippen LogP contribution is -2.30. The van der Waals surface area contributed by atoms with Crippen LogP contribution in [0.25, 0.3) is 11.3 Å². The van der Waals surface area contributed by atoms with E-state index in [1.807, 2.05) is 59.6 Å². The number of thiol groups is 1. The fourth-order valence-electron chi connectivity index (χ4n) is 5.28. The highest BCUT2D eigenvalue weighted by atomic mass is 32.2. The summed E-state index contributed by atoms with van der Waals surface area (Å²) in [6.07, 6.45) is 3.65. The van der Waals surface area contributed by atoms with Crippen molar-refractivity contribution in [3.8, 4) is 11.3 Å². The third-order valence-electron chi connectivity index (χ3n) is 7.55. The van der Waals surface area contributed by atoms with Gasteiger partial charge in [0.1, 0.15) is 18.2 Å². The number of amides is 1. The molecule has 2 aliphatic heterocycles. The number of aliphatic hydroxyl groups excluding tert-OH is 1. The Labute approximate surface area is 250 Å². The summed E-state index contributed by atoms with van der Waals surface area (Å²) >= 11 is 0. The number of hydrogen-bond acceptors (Lipinski definition) is 7. The lowest BCUT2D eigenvalue weighted by Gasteiger charge is -2.22. The molecule has 4 aromatic rings. The van der Waals surface area contributed by atoms with Gasteiger partial charge in [0, 0.05) is 30.5 Å². The molecule has 1 atom stereocenters. The van der Waals surface area contributed by atoms with Crippen LogP contribution < -0.4 is 16.2 Å². The molecule has 0 fully saturated rings. The van der Waals surface area contributed by atoms with Crippen LogP contribution in [-0.2, 0) is 30.4 Å². The summed E-state index contributed by atoms with van der Waals surface area (Å²) in [7, 11) is 1.15. The lowest BCUT2D eigenvalue weighted by molar-refractivity contribution is -0.112. The molecule has 0 spiro atoms. The minimum atomic E-state index is -0.883. The van der Waals surface area contributed by atoms with Crippen LogP contribution in [0.5, 0.6) is 0 Å². The number of anilines is 3. The number of carbonyl (C=O) groups is 1. The molecule has 1 amide bonds. The van der Waals surface area contributed by atoms with E-state index in [4.69, 9.17) is 0 Å². The summed E-state index contributed by atoms with van der Waals surface area (Å²) in [5.74, 6) is 0.261. The van der Waals surface area contributed by atoms with Gasteiger partial charge in [0.2, 0.25) is 0 Å². The molecule has 0 saturated heterocycles. The predicted octanol–water partition coefficient (Wildman–Crippen LogP) is 4.24. The van der Waals surface area contributed by atoms with Crippen LogP contribution in [0, 0.1) is 12.7 Å². The van der Waals surface area contributed by atoms with Gasteiger partial charge in [-0.05, 0) is 54.8 Å². The highest BCUT2D eigenvalue weighted by Gasteiger charge is 2.23. The zero-order valence-electron chi connectivity index (χ0n) is 23.8. The van der Waals surface area contributed by atoms with Gasteiger partial charge in [-0.1, -0.05) is 36.4 Å². The van der Waals surface area contributed by atoms with E-state index in [1.165, 1.54) is 6.07 Å². The zero-order chi connectivity index (χ0) is 30.1. The van der Waals surface area contributed by atoms with Crippen molar-refractivity contribution in [2.45, 2.75) is 32.5 Å². The third kappa shape index (κ3) is 5.89. The second-order valence-corrected chi connectivity index (χ2v) is 12.6. The number of aromatic nitrogens is 4. The van der Waals surface area contributed by atoms with Gasteiger partial charge in [0.15, 0.2) is 5.82 Å². The number of nitrogens with one attached hydrogen (secondary N) is 2. The normalized spacial score (nSPS) is 17.0. The maximum absolute atomic E-state index is 15.2. The fraction of sp³-hybridized carbons (Fsp3) is 0.226. The predicted molar refractivity (Wildman–Crippen MR) is 168 cm³/mol. The van der Waals surface area contributed by atoms with Gasteiger partial charge >= 0.3 is 0 Å². The number of aliphatic hydroxyl groups is 1. The van der Waals surface area contributed by atoms with Crippen LogP contribution >= 0.6 is 10.9 Å². The van der Waals surface area contributed by atoms with Gasteiger partial charge in [-0.3, -0.25) is 19.2 Å². The van der Waals surface area contributed by atoms with Gasteiger partial charge < -0.3 is 15.7 Å². The molecule has 4 heterocycles. The minimum absolute atomic E-state index is 0.0360. The molecular formula is C31H32FN7O3S. The van der Waals surface area contributed by atoms with Crippen molar-refractivity contribution in [1.29, 1.82) is 0 Å². The number of hydrogen-bond donors (Lipinski definition) is 4. The first-order valence-electron chi connectivity index (χ1n) is 13.9. The van der Waals surface area contributed by atoms with E-state index < -0.39 is 29.0 Å². The van der Waals surface area contributed by atoms with Crippen LogP contribution in [0.2, 0.25) is 0 Å². The van der Waals surface area contributed by atoms with Crippen LogP contribution in [0.1, 0.15) is 16.8 Å². The average Bonchev–Trinajstić information content (AvgIpc) is 3.63. The zero-order valence-corrected chi connectivity index (χ0v) is 24.7. The number of fused-ring (bicyclic) bond motifs is 1. The summed E-state index contributed by atoms with van der Waals surface area (Å²) in [5.41, 5.74) is 3.06. The van der Waals surface area contributed by atoms with E-state index in [1.54, 1.807) is 25.1 Å². The van der Waals surface area contributed by atoms with Gasteiger partial charge in [0.05, 0.1) is 28.5 Å². The Morgan fingerprint density at radius 2 is 1.93 bits per heavy atom. The molecule has 2 aromatic carbocycles. The molecule has 12 heteroatoms. The summed E-state index contributed by atoms with van der Waals surface area (Å²) in [4.78, 5) is 29.2. The smallest absolute Gasteiger partial charge is 0.292 e. The van der Waals surface area contributed by atoms with Crippen LogP contribution in [-0.4, -0.2) is 49.1 Å². The minimum Gasteiger partial charge on any atom is -0.374 e. The highest BCUT2D eigenvalue weighted by Crippen LogP contribution is 2.44. The Bertz CT molecular complexity index is 1820. The van der Waals surface area contributed by atoms with Crippen molar-refractivity contribution < 1.29 is 14.3 Å². The molecule has 0 aliphatic carbocycles. The number of halogens is 1. The molecule has 10 nitrogen and oxygen atoms in total. The lowest BCUT2D eigenvalue weighted by atomic mass is 10.0. The van der Waals surface area contributed by atoms with Crippen LogP contribution in [0.15, 0.2) is 81.9 Å². The molecule has 0 saturated carbocycles. The number of carbonyl (C=O) groups excluding carboxylic acids is 1. The van der Waals surface area contributed by atoms with Gasteiger partial charge in [-0.25, -0.2) is 9.07 Å². The average molecular weight is 602 g/mol. The largest absolute Gasteiger partial charge is 0.374 e. The Balaban J connectivity index is 1.28. The Hall–Kier alpha value is -4.52. The maximum atomic E-state index is 15.2. The van der Waals surface area contributed by atoms with E-state index >= 15 is 4.39 Å². The molecule has 43 heavy (non-hydrogen) atoms. The van der Waals surface area contributed by atoms with E-state index in [9.17, 15) is 14.7 Å². The molecule has 2 aliphatic rings. The Morgan fingerprint density at radius 3 is 2.72 bits per heavy atom. The standard InChI is InChI=1S/C31H32FN7O3S/c1-20-23(10-11-24(32)29(20)34-30(41)27-9-6-14-43(27)18-21-7-4-3-5-8-21)25-16-26(31(42)39(19-40)35-25)33-28-15-22-17-37(2)12-13-38(22)36-28/h3-11,14-16,40,43H,12-13,17-19H2,1-2H3,(H,33,36)(H,34,41). The van der Waals surface area contributed by atoms with E-state index in [0.717, 1.165) is 35.6 Å². The van der Waals surface area contributed by atoms with Crippen LogP contribution in [0.3, 0.4) is 0 Å². The first kappa shape index (κ1) is 28.6. The molecule has 0 radical (unpaired) electrons. The van der Waals surface area contributed by atoms with Crippen LogP contribution in [0.4, 0.5) is 21.6 Å². The van der Waals surface area contributed by atoms with Crippen molar-refractivity contribution in [3.05, 3.63) is 110 Å². The number of likely N-dealkylation sites (N-methyl/N-ethyl adjacent to an activating group) is 1. The second-order valence-electron chi connectivity index (χ2n) is 10.6. The summed E-state index contributed by atoms with van der Waals surface area (Å²) in [6.45, 7) is 3.38. The van der Waals surface area contributed by atoms with Crippen molar-refractivity contribution in [1.82, 2.24) is 24.5 Å². The molecule has 3 N–H and O–H groups in total. The number of benzene rings is 2. The third-order valence-corrected chi connectivity index (χ3v) is 9.76. The summed E-state index contributed by atoms with van der Waals surface area (Å²) < 4.78 is 18.0. The van der Waals surface area contributed by atoms with E-state index in [-0.39, 0.29) is 17.3 Å². The summed E-state index contributed by atoms with van der Waals surface area (Å²) in [5, 5.41) is 26.7. The van der Waals surface area contributed by atoms with E-state index in [2.05, 4.69) is 25.7 Å². The first-order chi connectivity index (χ1) is 20.8. The quantitative estimate of drug-likeness (QED) is 0.223. The van der Waals surface area contributed by atoms with Crippen molar-refractivity contribution in [2.75, 3.05) is 24.2 Å². The number of nitrogens with zero attached hydrogens (tertiary/aromatic N) is 5. The Kier molecular flexibility index (Phi) is 7.98. The van der Waals surface area contributed by atoms with Crippen molar-refractivity contribution in [2.24, 2.45) is 0 Å². The summed E-state index contributed by atoms with van der Waals surface area (Å²) in [6, 6.07) is 16.2. The van der Waals surface area contributed by atoms with Gasteiger partial charge in [0.25, 0.3) is 11.5 Å². The maximum Gasteiger partial charge on any atom is 0.292 e. The number of rotatable bonds is 8.